The van der Waals surface area contributed by atoms with Crippen LogP contribution in [0.2, 0.25) is 25.7 Å². The predicted molar refractivity (Wildman–Crippen MR) is 97.7 cm³/mol. The summed E-state index contributed by atoms with van der Waals surface area (Å²) >= 11 is 0. The van der Waals surface area contributed by atoms with Gasteiger partial charge in [0.25, 0.3) is 0 Å². The molecule has 0 fully saturated rings. The Bertz CT molecular complexity index is 884. The molecule has 24 heavy (non-hydrogen) atoms. The zero-order valence-electron chi connectivity index (χ0n) is 14.2. The number of nitrogens with zero attached hydrogens (tertiary/aromatic N) is 4. The molecule has 0 bridgehead atoms. The van der Waals surface area contributed by atoms with Crippen molar-refractivity contribution >= 4 is 24.8 Å². The molecule has 0 unspecified atom stereocenters. The minimum absolute atomic E-state index is 0.479. The van der Waals surface area contributed by atoms with E-state index in [1.165, 1.54) is 6.33 Å². The van der Waals surface area contributed by atoms with Crippen molar-refractivity contribution in [3.8, 4) is 11.3 Å². The number of nitrogens with one attached hydrogen (secondary N) is 1. The van der Waals surface area contributed by atoms with E-state index >= 15 is 0 Å². The first kappa shape index (κ1) is 16.4. The maximum atomic E-state index is 7.27. The molecule has 1 N–H and O–H groups in total. The van der Waals surface area contributed by atoms with E-state index in [1.54, 1.807) is 12.4 Å². The molecule has 0 aliphatic carbocycles. The fourth-order valence-corrected chi connectivity index (χ4v) is 3.26. The van der Waals surface area contributed by atoms with Crippen molar-refractivity contribution in [2.75, 3.05) is 6.61 Å². The minimum atomic E-state index is -1.08. The van der Waals surface area contributed by atoms with Crippen molar-refractivity contribution in [3.05, 3.63) is 42.4 Å². The number of rotatable bonds is 6. The van der Waals surface area contributed by atoms with Gasteiger partial charge in [-0.3, -0.25) is 0 Å². The van der Waals surface area contributed by atoms with E-state index < -0.39 is 8.07 Å². The largest absolute Gasteiger partial charge is 0.378 e. The predicted octanol–water partition coefficient (Wildman–Crippen LogP) is 4.29. The van der Waals surface area contributed by atoms with Crippen LogP contribution < -0.4 is 0 Å². The zero-order valence-corrected chi connectivity index (χ0v) is 15.2. The van der Waals surface area contributed by atoms with Crippen LogP contribution in [0.25, 0.3) is 27.1 Å². The van der Waals surface area contributed by atoms with Crippen molar-refractivity contribution < 1.29 is 4.74 Å². The molecule has 0 saturated heterocycles. The first-order valence-electron chi connectivity index (χ1n) is 7.92. The van der Waals surface area contributed by atoms with Gasteiger partial charge in [-0.25, -0.2) is 14.8 Å². The summed E-state index contributed by atoms with van der Waals surface area (Å²) in [7, 11) is -1.08. The Kier molecular flexibility index (Phi) is 4.51. The van der Waals surface area contributed by atoms with Crippen LogP contribution in [0.15, 0.2) is 31.0 Å². The molecule has 0 aliphatic heterocycles. The highest BCUT2D eigenvalue weighted by Crippen LogP contribution is 2.33. The SMILES string of the molecule is [C-]#[N+]c1c[nH]cc1-c1ncnc2c1ccn2COCC[Si](C)(C)C. The number of aromatic amines is 1. The minimum Gasteiger partial charge on any atom is -0.378 e. The van der Waals surface area contributed by atoms with E-state index in [0.29, 0.717) is 12.4 Å². The van der Waals surface area contributed by atoms with E-state index in [2.05, 4.69) is 39.4 Å². The van der Waals surface area contributed by atoms with Crippen LogP contribution in [-0.4, -0.2) is 34.2 Å². The molecule has 0 saturated carbocycles. The van der Waals surface area contributed by atoms with Gasteiger partial charge in [0.15, 0.2) is 0 Å². The average molecular weight is 339 g/mol. The normalized spacial score (nSPS) is 11.8. The average Bonchev–Trinajstić information content (AvgIpc) is 3.17. The van der Waals surface area contributed by atoms with Crippen LogP contribution in [0.3, 0.4) is 0 Å². The fourth-order valence-electron chi connectivity index (χ4n) is 2.50. The van der Waals surface area contributed by atoms with E-state index in [4.69, 9.17) is 11.3 Å². The molecule has 0 aromatic carbocycles. The van der Waals surface area contributed by atoms with Crippen molar-refractivity contribution in [2.45, 2.75) is 32.4 Å². The summed E-state index contributed by atoms with van der Waals surface area (Å²) in [6, 6.07) is 3.12. The third-order valence-electron chi connectivity index (χ3n) is 3.88. The smallest absolute Gasteiger partial charge is 0.213 e. The van der Waals surface area contributed by atoms with Gasteiger partial charge < -0.3 is 14.3 Å². The summed E-state index contributed by atoms with van der Waals surface area (Å²) in [4.78, 5) is 15.3. The van der Waals surface area contributed by atoms with Crippen LogP contribution in [0, 0.1) is 6.57 Å². The van der Waals surface area contributed by atoms with Crippen molar-refractivity contribution in [3.63, 3.8) is 0 Å². The molecule has 6 nitrogen and oxygen atoms in total. The summed E-state index contributed by atoms with van der Waals surface area (Å²) in [5.74, 6) is 0. The second-order valence-electron chi connectivity index (χ2n) is 6.96. The lowest BCUT2D eigenvalue weighted by molar-refractivity contribution is 0.0899. The molecule has 0 aliphatic rings. The number of hydrogen-bond acceptors (Lipinski definition) is 3. The summed E-state index contributed by atoms with van der Waals surface area (Å²) in [5, 5.41) is 0.927. The highest BCUT2D eigenvalue weighted by atomic mass is 28.3. The van der Waals surface area contributed by atoms with Crippen molar-refractivity contribution in [1.29, 1.82) is 0 Å². The van der Waals surface area contributed by atoms with Gasteiger partial charge in [0.05, 0.1) is 12.3 Å². The topological polar surface area (TPSA) is 60.1 Å². The molecular weight excluding hydrogens is 318 g/mol. The molecule has 3 heterocycles. The maximum Gasteiger partial charge on any atom is 0.213 e. The van der Waals surface area contributed by atoms with Crippen molar-refractivity contribution in [1.82, 2.24) is 19.5 Å². The van der Waals surface area contributed by atoms with Gasteiger partial charge in [-0.2, -0.15) is 0 Å². The molecule has 3 aromatic heterocycles. The van der Waals surface area contributed by atoms with Crippen LogP contribution in [0.4, 0.5) is 5.69 Å². The summed E-state index contributed by atoms with van der Waals surface area (Å²) in [6.45, 7) is 15.5. The Morgan fingerprint density at radius 1 is 1.29 bits per heavy atom. The maximum absolute atomic E-state index is 7.27. The van der Waals surface area contributed by atoms with E-state index in [-0.39, 0.29) is 0 Å². The second kappa shape index (κ2) is 6.59. The molecule has 7 heteroatoms. The van der Waals surface area contributed by atoms with Crippen LogP contribution in [0.1, 0.15) is 0 Å². The standard InChI is InChI=1S/C17H21N5OSi/c1-18-15-10-19-9-14(15)16-13-5-6-22(17(13)21-11-20-16)12-23-7-8-24(2,3)4/h5-6,9-11,19H,7-8,12H2,2-4H3. The fraction of sp³-hybridized carbons (Fsp3) is 0.353. The number of ether oxygens (including phenoxy) is 1. The van der Waals surface area contributed by atoms with Gasteiger partial charge >= 0.3 is 0 Å². The molecule has 0 spiro atoms. The molecule has 0 radical (unpaired) electrons. The van der Waals surface area contributed by atoms with Crippen LogP contribution in [0.5, 0.6) is 0 Å². The van der Waals surface area contributed by atoms with Gasteiger partial charge in [0.2, 0.25) is 5.69 Å². The van der Waals surface area contributed by atoms with Crippen molar-refractivity contribution in [2.24, 2.45) is 0 Å². The summed E-state index contributed by atoms with van der Waals surface area (Å²) < 4.78 is 7.80. The summed E-state index contributed by atoms with van der Waals surface area (Å²) in [6.07, 6.45) is 6.99. The first-order chi connectivity index (χ1) is 11.5. The molecule has 3 rings (SSSR count). The number of aromatic nitrogens is 4. The quantitative estimate of drug-likeness (QED) is 0.414. The lowest BCUT2D eigenvalue weighted by atomic mass is 10.1. The van der Waals surface area contributed by atoms with Crippen LogP contribution in [-0.2, 0) is 11.5 Å². The monoisotopic (exact) mass is 339 g/mol. The second-order valence-corrected chi connectivity index (χ2v) is 12.6. The highest BCUT2D eigenvalue weighted by Gasteiger charge is 2.15. The third kappa shape index (κ3) is 3.40. The molecule has 3 aromatic rings. The Labute approximate surface area is 142 Å². The van der Waals surface area contributed by atoms with E-state index in [9.17, 15) is 0 Å². The molecule has 0 atom stereocenters. The van der Waals surface area contributed by atoms with Crippen LogP contribution >= 0.6 is 0 Å². The lowest BCUT2D eigenvalue weighted by Gasteiger charge is -2.15. The molecule has 124 valence electrons. The lowest BCUT2D eigenvalue weighted by Crippen LogP contribution is -2.22. The first-order valence-corrected chi connectivity index (χ1v) is 11.6. The van der Waals surface area contributed by atoms with Gasteiger partial charge in [-0.1, -0.05) is 19.6 Å². The zero-order chi connectivity index (χ0) is 17.2. The molecular formula is C17H21N5OSi. The Morgan fingerprint density at radius 3 is 2.88 bits per heavy atom. The summed E-state index contributed by atoms with van der Waals surface area (Å²) in [5.41, 5.74) is 2.96. The Morgan fingerprint density at radius 2 is 2.12 bits per heavy atom. The number of H-pyrrole nitrogens is 1. The van der Waals surface area contributed by atoms with Gasteiger partial charge in [0, 0.05) is 38.0 Å². The van der Waals surface area contributed by atoms with E-state index in [0.717, 1.165) is 34.9 Å². The molecule has 0 amide bonds. The number of fused-ring (bicyclic) bond motifs is 1. The Hall–Kier alpha value is -2.43. The highest BCUT2D eigenvalue weighted by molar-refractivity contribution is 6.76. The van der Waals surface area contributed by atoms with Gasteiger partial charge in [-0.15, -0.1) is 0 Å². The van der Waals surface area contributed by atoms with E-state index in [1.807, 2.05) is 16.8 Å². The van der Waals surface area contributed by atoms with Gasteiger partial charge in [-0.05, 0) is 18.3 Å². The van der Waals surface area contributed by atoms with Gasteiger partial charge in [0.1, 0.15) is 18.7 Å². The number of hydrogen-bond donors (Lipinski definition) is 1. The third-order valence-corrected chi connectivity index (χ3v) is 5.59. The Balaban J connectivity index is 1.84.